The van der Waals surface area contributed by atoms with Gasteiger partial charge in [0.2, 0.25) is 23.6 Å². The number of guanidine groups is 1. The highest BCUT2D eigenvalue weighted by Crippen LogP contribution is 2.14. The van der Waals surface area contributed by atoms with Gasteiger partial charge >= 0.3 is 11.9 Å². The van der Waals surface area contributed by atoms with Gasteiger partial charge in [-0.3, -0.25) is 29.0 Å². The van der Waals surface area contributed by atoms with Gasteiger partial charge in [0.15, 0.2) is 5.96 Å². The smallest absolute Gasteiger partial charge is 0.326 e. The van der Waals surface area contributed by atoms with Gasteiger partial charge in [-0.25, -0.2) is 4.79 Å². The number of carboxylic acids is 2. The molecule has 0 aliphatic rings. The van der Waals surface area contributed by atoms with E-state index in [1.54, 1.807) is 13.8 Å². The predicted octanol–water partition coefficient (Wildman–Crippen LogP) is -1.19. The van der Waals surface area contributed by atoms with Gasteiger partial charge in [0.25, 0.3) is 0 Å². The summed E-state index contributed by atoms with van der Waals surface area (Å²) in [5.74, 6) is -7.00. The second kappa shape index (κ2) is 20.7. The lowest BCUT2D eigenvalue weighted by atomic mass is 9.98. The number of hydrogen-bond donors (Lipinski definition) is 11. The molecule has 0 bridgehead atoms. The maximum Gasteiger partial charge on any atom is 0.326 e. The lowest BCUT2D eigenvalue weighted by molar-refractivity contribution is -0.142. The van der Waals surface area contributed by atoms with Crippen molar-refractivity contribution in [3.05, 3.63) is 59.7 Å². The summed E-state index contributed by atoms with van der Waals surface area (Å²) in [5.41, 5.74) is 17.7. The number of benzene rings is 2. The molecule has 0 aromatic heterocycles. The Morgan fingerprint density at radius 3 is 1.62 bits per heavy atom. The number of carboxylic acid groups (broad SMARTS) is 2. The van der Waals surface area contributed by atoms with Crippen LogP contribution >= 0.6 is 0 Å². The van der Waals surface area contributed by atoms with Crippen LogP contribution in [0.2, 0.25) is 0 Å². The van der Waals surface area contributed by atoms with Gasteiger partial charge in [0.05, 0.1) is 12.5 Å². The lowest BCUT2D eigenvalue weighted by Crippen LogP contribution is -2.59. The SMILES string of the molecule is CC[C@H](C)[C@H](N)C(=O)N[C@@H](CC(=O)O)C(=O)N[C@@H](Cc1ccc(O)cc1)C(=O)N[C@@H](CCCN=C(N)N)C(=O)N[C@@H](Cc1ccc(O)cc1)C(=O)O. The number of aliphatic carboxylic acids is 2. The molecule has 2 aromatic rings. The van der Waals surface area contributed by atoms with E-state index >= 15 is 0 Å². The summed E-state index contributed by atoms with van der Waals surface area (Å²) in [4.78, 5) is 81.4. The zero-order chi connectivity index (χ0) is 39.0. The van der Waals surface area contributed by atoms with Crippen LogP contribution in [0.15, 0.2) is 53.5 Å². The first kappa shape index (κ1) is 42.3. The fourth-order valence-electron chi connectivity index (χ4n) is 4.90. The maximum atomic E-state index is 13.9. The van der Waals surface area contributed by atoms with E-state index in [2.05, 4.69) is 26.3 Å². The summed E-state index contributed by atoms with van der Waals surface area (Å²) in [6.45, 7) is 3.57. The Labute approximate surface area is 300 Å². The first-order chi connectivity index (χ1) is 24.5. The van der Waals surface area contributed by atoms with Gasteiger partial charge in [-0.1, -0.05) is 44.5 Å². The molecule has 52 heavy (non-hydrogen) atoms. The molecule has 2 rings (SSSR count). The lowest BCUT2D eigenvalue weighted by Gasteiger charge is -2.27. The molecule has 6 atom stereocenters. The molecule has 0 unspecified atom stereocenters. The molecule has 0 saturated carbocycles. The van der Waals surface area contributed by atoms with Gasteiger partial charge in [0, 0.05) is 19.4 Å². The van der Waals surface area contributed by atoms with Crippen LogP contribution in [-0.2, 0) is 41.6 Å². The number of aliphatic imine (C=N–C) groups is 1. The van der Waals surface area contributed by atoms with Crippen molar-refractivity contribution in [1.82, 2.24) is 21.3 Å². The highest BCUT2D eigenvalue weighted by molar-refractivity contribution is 5.96. The monoisotopic (exact) mass is 728 g/mol. The van der Waals surface area contributed by atoms with Crippen LogP contribution in [0.25, 0.3) is 0 Å². The van der Waals surface area contributed by atoms with Crippen LogP contribution in [0.3, 0.4) is 0 Å². The zero-order valence-corrected chi connectivity index (χ0v) is 29.0. The number of aromatic hydroxyl groups is 2. The molecule has 14 N–H and O–H groups in total. The topological polar surface area (TPSA) is 322 Å². The molecule has 0 aliphatic carbocycles. The quantitative estimate of drug-likeness (QED) is 0.0410. The largest absolute Gasteiger partial charge is 0.508 e. The van der Waals surface area contributed by atoms with Crippen molar-refractivity contribution >= 4 is 41.5 Å². The van der Waals surface area contributed by atoms with Gasteiger partial charge in [0.1, 0.15) is 35.7 Å². The summed E-state index contributed by atoms with van der Waals surface area (Å²) >= 11 is 0. The number of carbonyl (C=O) groups is 6. The molecule has 0 fully saturated rings. The van der Waals surface area contributed by atoms with E-state index in [0.29, 0.717) is 17.5 Å². The maximum absolute atomic E-state index is 13.9. The Bertz CT molecular complexity index is 1560. The van der Waals surface area contributed by atoms with E-state index in [1.165, 1.54) is 48.5 Å². The van der Waals surface area contributed by atoms with Crippen molar-refractivity contribution in [3.8, 4) is 11.5 Å². The number of carbonyl (C=O) groups excluding carboxylic acids is 4. The van der Waals surface area contributed by atoms with Crippen LogP contribution in [0.5, 0.6) is 11.5 Å². The molecule has 0 radical (unpaired) electrons. The minimum absolute atomic E-state index is 0.0384. The molecule has 18 nitrogen and oxygen atoms in total. The number of nitrogens with two attached hydrogens (primary N) is 3. The average molecular weight is 729 g/mol. The third kappa shape index (κ3) is 14.5. The Hall–Kier alpha value is -5.91. The van der Waals surface area contributed by atoms with Crippen LogP contribution in [-0.4, -0.2) is 98.7 Å². The number of amides is 4. The summed E-state index contributed by atoms with van der Waals surface area (Å²) in [7, 11) is 0. The van der Waals surface area contributed by atoms with Crippen LogP contribution in [0, 0.1) is 5.92 Å². The first-order valence-electron chi connectivity index (χ1n) is 16.5. The molecule has 4 amide bonds. The molecular formula is C34H48N8O10. The summed E-state index contributed by atoms with van der Waals surface area (Å²) in [6.07, 6.45) is -0.601. The van der Waals surface area contributed by atoms with E-state index in [1.807, 2.05) is 0 Å². The van der Waals surface area contributed by atoms with Crippen LogP contribution in [0.1, 0.15) is 50.7 Å². The number of phenolic OH excluding ortho intramolecular Hbond substituents is 2. The van der Waals surface area contributed by atoms with E-state index in [4.69, 9.17) is 17.2 Å². The minimum Gasteiger partial charge on any atom is -0.508 e. The number of phenols is 2. The Morgan fingerprint density at radius 1 is 0.692 bits per heavy atom. The highest BCUT2D eigenvalue weighted by Gasteiger charge is 2.33. The van der Waals surface area contributed by atoms with Crippen molar-refractivity contribution in [2.24, 2.45) is 28.1 Å². The Balaban J connectivity index is 2.40. The van der Waals surface area contributed by atoms with E-state index in [0.717, 1.165) is 0 Å². The molecule has 0 spiro atoms. The highest BCUT2D eigenvalue weighted by atomic mass is 16.4. The van der Waals surface area contributed by atoms with Gasteiger partial charge in [-0.05, 0) is 54.2 Å². The number of hydrogen-bond acceptors (Lipinski definition) is 10. The van der Waals surface area contributed by atoms with E-state index in [9.17, 15) is 49.2 Å². The van der Waals surface area contributed by atoms with Crippen molar-refractivity contribution in [3.63, 3.8) is 0 Å². The summed E-state index contributed by atoms with van der Waals surface area (Å²) < 4.78 is 0. The third-order valence-electron chi connectivity index (χ3n) is 8.15. The first-order valence-corrected chi connectivity index (χ1v) is 16.5. The van der Waals surface area contributed by atoms with Crippen molar-refractivity contribution in [2.75, 3.05) is 6.54 Å². The molecule has 0 heterocycles. The molecular weight excluding hydrogens is 680 g/mol. The summed E-state index contributed by atoms with van der Waals surface area (Å²) in [6, 6.07) is 4.37. The average Bonchev–Trinajstić information content (AvgIpc) is 3.09. The second-order valence-electron chi connectivity index (χ2n) is 12.3. The standard InChI is InChI=1S/C34H48N8O10/c1-3-18(2)28(35)32(50)41-25(17-27(45)46)31(49)40-24(15-19-6-10-21(43)11-7-19)30(48)39-23(5-4-14-38-34(36)37)29(47)42-26(33(51)52)16-20-8-12-22(44)13-9-20/h6-13,18,23-26,28,43-44H,3-5,14-17,35H2,1-2H3,(H,39,48)(H,40,49)(H,41,50)(H,42,47)(H,45,46)(H,51,52)(H4,36,37,38)/t18-,23-,24-,25-,26-,28-/m0/s1. The van der Waals surface area contributed by atoms with Gasteiger partial charge < -0.3 is 58.9 Å². The van der Waals surface area contributed by atoms with Gasteiger partial charge in [-0.2, -0.15) is 0 Å². The van der Waals surface area contributed by atoms with Crippen LogP contribution < -0.4 is 38.5 Å². The van der Waals surface area contributed by atoms with E-state index in [-0.39, 0.29) is 55.6 Å². The Kier molecular flexibility index (Phi) is 16.8. The van der Waals surface area contributed by atoms with Crippen molar-refractivity contribution < 1.29 is 49.2 Å². The van der Waals surface area contributed by atoms with Gasteiger partial charge in [-0.15, -0.1) is 0 Å². The van der Waals surface area contributed by atoms with Crippen molar-refractivity contribution in [1.29, 1.82) is 0 Å². The zero-order valence-electron chi connectivity index (χ0n) is 29.0. The normalized spacial score (nSPS) is 14.3. The predicted molar refractivity (Wildman–Crippen MR) is 189 cm³/mol. The molecule has 2 aromatic carbocycles. The molecule has 284 valence electrons. The fourth-order valence-corrected chi connectivity index (χ4v) is 4.90. The summed E-state index contributed by atoms with van der Waals surface area (Å²) in [5, 5.41) is 48.4. The molecule has 0 aliphatic heterocycles. The minimum atomic E-state index is -1.63. The molecule has 0 saturated heterocycles. The van der Waals surface area contributed by atoms with Crippen LogP contribution in [0.4, 0.5) is 0 Å². The second-order valence-corrected chi connectivity index (χ2v) is 12.3. The molecule has 18 heteroatoms. The van der Waals surface area contributed by atoms with E-state index < -0.39 is 72.2 Å². The number of nitrogens with zero attached hydrogens (tertiary/aromatic N) is 1. The number of nitrogens with one attached hydrogen (secondary N) is 4. The third-order valence-corrected chi connectivity index (χ3v) is 8.15. The Morgan fingerprint density at radius 2 is 1.13 bits per heavy atom. The fraction of sp³-hybridized carbons (Fsp3) is 0.441. The number of rotatable bonds is 21. The van der Waals surface area contributed by atoms with Crippen molar-refractivity contribution in [2.45, 2.75) is 82.6 Å².